The Kier molecular flexibility index (Phi) is 3.57. The van der Waals surface area contributed by atoms with Crippen LogP contribution in [0.5, 0.6) is 0 Å². The highest BCUT2D eigenvalue weighted by Gasteiger charge is 2.08. The second kappa shape index (κ2) is 5.68. The van der Waals surface area contributed by atoms with Crippen LogP contribution in [0.3, 0.4) is 0 Å². The smallest absolute Gasteiger partial charge is 0.323 e. The van der Waals surface area contributed by atoms with Crippen molar-refractivity contribution in [2.45, 2.75) is 13.5 Å². The number of carbonyl (C=O) groups is 1. The molecule has 0 aliphatic rings. The maximum atomic E-state index is 11.9. The third-order valence-corrected chi connectivity index (χ3v) is 3.18. The van der Waals surface area contributed by atoms with Crippen LogP contribution in [0, 0.1) is 6.92 Å². The van der Waals surface area contributed by atoms with E-state index in [1.165, 1.54) is 6.20 Å². The van der Waals surface area contributed by atoms with Gasteiger partial charge in [-0.3, -0.25) is 9.36 Å². The normalized spacial score (nSPS) is 10.6. The number of aryl methyl sites for hydroxylation is 1. The number of nitrogens with one attached hydrogen (secondary N) is 3. The molecule has 112 valence electrons. The number of carbonyl (C=O) groups excluding carboxylic acids is 1. The van der Waals surface area contributed by atoms with E-state index in [1.54, 1.807) is 12.4 Å². The number of hydrogen-bond acceptors (Lipinski definition) is 4. The molecule has 8 nitrogen and oxygen atoms in total. The number of aromatic amines is 2. The molecular formula is C14H14N6O2. The van der Waals surface area contributed by atoms with E-state index in [0.29, 0.717) is 6.54 Å². The van der Waals surface area contributed by atoms with Gasteiger partial charge in [0.1, 0.15) is 17.3 Å². The lowest BCUT2D eigenvalue weighted by Gasteiger charge is -2.07. The second-order valence-electron chi connectivity index (χ2n) is 4.71. The van der Waals surface area contributed by atoms with Gasteiger partial charge in [-0.25, -0.2) is 14.8 Å². The van der Waals surface area contributed by atoms with Gasteiger partial charge in [0, 0.05) is 31.3 Å². The Morgan fingerprint density at radius 2 is 2.23 bits per heavy atom. The molecule has 8 heteroatoms. The maximum absolute atomic E-state index is 11.9. The van der Waals surface area contributed by atoms with Gasteiger partial charge >= 0.3 is 5.69 Å². The zero-order valence-corrected chi connectivity index (χ0v) is 11.8. The molecule has 0 spiro atoms. The molecule has 0 aliphatic carbocycles. The molecule has 0 bridgehead atoms. The first-order chi connectivity index (χ1) is 10.6. The molecular weight excluding hydrogens is 284 g/mol. The van der Waals surface area contributed by atoms with Crippen LogP contribution < -0.4 is 11.0 Å². The van der Waals surface area contributed by atoms with Crippen molar-refractivity contribution < 1.29 is 4.79 Å². The summed E-state index contributed by atoms with van der Waals surface area (Å²) in [6.45, 7) is 2.22. The fraction of sp³-hybridized carbons (Fsp3) is 0.143. The summed E-state index contributed by atoms with van der Waals surface area (Å²) in [6, 6.07) is 3.69. The highest BCUT2D eigenvalue weighted by atomic mass is 16.2. The monoisotopic (exact) mass is 298 g/mol. The van der Waals surface area contributed by atoms with Gasteiger partial charge in [0.25, 0.3) is 5.91 Å². The van der Waals surface area contributed by atoms with Gasteiger partial charge in [-0.1, -0.05) is 0 Å². The van der Waals surface area contributed by atoms with Crippen LogP contribution >= 0.6 is 0 Å². The molecule has 3 N–H and O–H groups in total. The molecule has 3 heterocycles. The van der Waals surface area contributed by atoms with Crippen molar-refractivity contribution in [1.29, 1.82) is 0 Å². The number of aromatic nitrogens is 5. The van der Waals surface area contributed by atoms with E-state index >= 15 is 0 Å². The van der Waals surface area contributed by atoms with E-state index in [1.807, 2.05) is 29.8 Å². The Hall–Kier alpha value is -3.16. The molecule has 0 unspecified atom stereocenters. The van der Waals surface area contributed by atoms with Crippen molar-refractivity contribution in [3.63, 3.8) is 0 Å². The minimum Gasteiger partial charge on any atom is -0.347 e. The molecule has 0 saturated carbocycles. The van der Waals surface area contributed by atoms with E-state index in [-0.39, 0.29) is 11.6 Å². The summed E-state index contributed by atoms with van der Waals surface area (Å²) >= 11 is 0. The van der Waals surface area contributed by atoms with E-state index in [0.717, 1.165) is 17.2 Å². The average Bonchev–Trinajstić information content (AvgIpc) is 3.13. The predicted octanol–water partition coefficient (Wildman–Crippen LogP) is 0.522. The van der Waals surface area contributed by atoms with Crippen LogP contribution in [-0.4, -0.2) is 30.4 Å². The first-order valence-electron chi connectivity index (χ1n) is 6.64. The number of rotatable bonds is 4. The SMILES string of the molecule is Cc1nccn1-c1cc(CNC(=O)c2c[nH]c(=O)[nH]2)ccn1. The van der Waals surface area contributed by atoms with Crippen molar-refractivity contribution >= 4 is 5.91 Å². The Bertz CT molecular complexity index is 860. The molecule has 0 saturated heterocycles. The molecule has 0 aliphatic heterocycles. The summed E-state index contributed by atoms with van der Waals surface area (Å²) < 4.78 is 1.86. The molecule has 0 radical (unpaired) electrons. The van der Waals surface area contributed by atoms with E-state index in [9.17, 15) is 9.59 Å². The molecule has 3 aromatic heterocycles. The quantitative estimate of drug-likeness (QED) is 0.652. The predicted molar refractivity (Wildman–Crippen MR) is 78.7 cm³/mol. The molecule has 0 fully saturated rings. The first-order valence-corrected chi connectivity index (χ1v) is 6.64. The van der Waals surface area contributed by atoms with E-state index in [2.05, 4.69) is 25.3 Å². The summed E-state index contributed by atoms with van der Waals surface area (Å²) in [4.78, 5) is 36.1. The maximum Gasteiger partial charge on any atom is 0.323 e. The van der Waals surface area contributed by atoms with Gasteiger partial charge in [-0.15, -0.1) is 0 Å². The Balaban J connectivity index is 1.72. The number of amides is 1. The zero-order chi connectivity index (χ0) is 15.5. The molecule has 0 atom stereocenters. The van der Waals surface area contributed by atoms with Gasteiger partial charge in [0.2, 0.25) is 0 Å². The minimum absolute atomic E-state index is 0.199. The summed E-state index contributed by atoms with van der Waals surface area (Å²) in [6.07, 6.45) is 6.54. The van der Waals surface area contributed by atoms with E-state index < -0.39 is 5.69 Å². The van der Waals surface area contributed by atoms with Crippen LogP contribution in [-0.2, 0) is 6.54 Å². The van der Waals surface area contributed by atoms with Gasteiger partial charge in [-0.05, 0) is 24.6 Å². The third-order valence-electron chi connectivity index (χ3n) is 3.18. The number of imidazole rings is 2. The third kappa shape index (κ3) is 2.80. The van der Waals surface area contributed by atoms with Gasteiger partial charge in [0.05, 0.1) is 0 Å². The second-order valence-corrected chi connectivity index (χ2v) is 4.71. The molecule has 3 rings (SSSR count). The number of pyridine rings is 1. The Morgan fingerprint density at radius 3 is 2.91 bits per heavy atom. The van der Waals surface area contributed by atoms with Crippen molar-refractivity contribution in [3.8, 4) is 5.82 Å². The average molecular weight is 298 g/mol. The standard InChI is InChI=1S/C14H14N6O2/c1-9-15-4-5-20(9)12-6-10(2-3-16-12)7-17-13(21)11-8-18-14(22)19-11/h2-6,8H,7H2,1H3,(H,17,21)(H2,18,19,22). The van der Waals surface area contributed by atoms with Crippen LogP contribution in [0.25, 0.3) is 5.82 Å². The van der Waals surface area contributed by atoms with Crippen LogP contribution in [0.1, 0.15) is 21.9 Å². The van der Waals surface area contributed by atoms with Crippen LogP contribution in [0.4, 0.5) is 0 Å². The largest absolute Gasteiger partial charge is 0.347 e. The highest BCUT2D eigenvalue weighted by molar-refractivity contribution is 5.91. The zero-order valence-electron chi connectivity index (χ0n) is 11.8. The number of H-pyrrole nitrogens is 2. The number of nitrogens with zero attached hydrogens (tertiary/aromatic N) is 3. The van der Waals surface area contributed by atoms with Crippen LogP contribution in [0.2, 0.25) is 0 Å². The fourth-order valence-electron chi connectivity index (χ4n) is 2.05. The van der Waals surface area contributed by atoms with E-state index in [4.69, 9.17) is 0 Å². The molecule has 22 heavy (non-hydrogen) atoms. The first kappa shape index (κ1) is 13.8. The lowest BCUT2D eigenvalue weighted by Crippen LogP contribution is -2.23. The Labute approximate surface area is 125 Å². The van der Waals surface area contributed by atoms with Crippen molar-refractivity contribution in [2.24, 2.45) is 0 Å². The van der Waals surface area contributed by atoms with Crippen LogP contribution in [0.15, 0.2) is 41.7 Å². The van der Waals surface area contributed by atoms with Crippen molar-refractivity contribution in [1.82, 2.24) is 29.8 Å². The molecule has 3 aromatic rings. The minimum atomic E-state index is -0.410. The number of hydrogen-bond donors (Lipinski definition) is 3. The van der Waals surface area contributed by atoms with Gasteiger partial charge in [-0.2, -0.15) is 0 Å². The van der Waals surface area contributed by atoms with Crippen molar-refractivity contribution in [2.75, 3.05) is 0 Å². The summed E-state index contributed by atoms with van der Waals surface area (Å²) in [5.74, 6) is 1.21. The van der Waals surface area contributed by atoms with Gasteiger partial charge in [0.15, 0.2) is 0 Å². The lowest BCUT2D eigenvalue weighted by molar-refractivity contribution is 0.0946. The lowest BCUT2D eigenvalue weighted by atomic mass is 10.2. The van der Waals surface area contributed by atoms with Crippen molar-refractivity contribution in [3.05, 3.63) is 64.5 Å². The highest BCUT2D eigenvalue weighted by Crippen LogP contribution is 2.09. The summed E-state index contributed by atoms with van der Waals surface area (Å²) in [7, 11) is 0. The topological polar surface area (TPSA) is 108 Å². The summed E-state index contributed by atoms with van der Waals surface area (Å²) in [5, 5.41) is 2.73. The molecule has 1 amide bonds. The van der Waals surface area contributed by atoms with Gasteiger partial charge < -0.3 is 15.3 Å². The fourth-order valence-corrected chi connectivity index (χ4v) is 2.05. The Morgan fingerprint density at radius 1 is 1.36 bits per heavy atom. The molecule has 0 aromatic carbocycles. The summed E-state index contributed by atoms with van der Waals surface area (Å²) in [5.41, 5.74) is 0.681.